The summed E-state index contributed by atoms with van der Waals surface area (Å²) >= 11 is 6.12. The number of benzene rings is 1. The van der Waals surface area contributed by atoms with Gasteiger partial charge in [0.15, 0.2) is 0 Å². The van der Waals surface area contributed by atoms with Gasteiger partial charge in [0.2, 0.25) is 11.7 Å². The molecule has 0 amide bonds. The summed E-state index contributed by atoms with van der Waals surface area (Å²) in [5, 5.41) is 4.52. The Labute approximate surface area is 123 Å². The number of rotatable bonds is 5. The van der Waals surface area contributed by atoms with Gasteiger partial charge in [-0.15, -0.1) is 0 Å². The van der Waals surface area contributed by atoms with Crippen LogP contribution in [0, 0.1) is 0 Å². The van der Waals surface area contributed by atoms with Crippen LogP contribution in [-0.2, 0) is 10.3 Å². The Balaban J connectivity index is 2.27. The highest BCUT2D eigenvalue weighted by Gasteiger charge is 2.29. The van der Waals surface area contributed by atoms with Gasteiger partial charge in [-0.2, -0.15) is 4.98 Å². The van der Waals surface area contributed by atoms with Gasteiger partial charge in [0, 0.05) is 11.6 Å². The van der Waals surface area contributed by atoms with Crippen LogP contribution in [0.25, 0.3) is 0 Å². The molecule has 5 nitrogen and oxygen atoms in total. The molecule has 0 spiro atoms. The molecular weight excluding hydrogens is 278 g/mol. The molecule has 108 valence electrons. The molecule has 6 heteroatoms. The molecular formula is C14H18ClN3O2. The van der Waals surface area contributed by atoms with Gasteiger partial charge in [-0.1, -0.05) is 35.0 Å². The Hall–Kier alpha value is -1.43. The maximum atomic E-state index is 6.13. The number of hydrogen-bond acceptors (Lipinski definition) is 5. The third-order valence-electron chi connectivity index (χ3n) is 2.99. The zero-order valence-corrected chi connectivity index (χ0v) is 12.5. The second kappa shape index (κ2) is 5.91. The summed E-state index contributed by atoms with van der Waals surface area (Å²) in [5.41, 5.74) is 6.26. The van der Waals surface area contributed by atoms with E-state index < -0.39 is 11.6 Å². The van der Waals surface area contributed by atoms with E-state index in [1.165, 1.54) is 0 Å². The van der Waals surface area contributed by atoms with Gasteiger partial charge in [0.05, 0.1) is 0 Å². The van der Waals surface area contributed by atoms with Crippen LogP contribution >= 0.6 is 11.6 Å². The number of ether oxygens (including phenoxy) is 1. The molecule has 2 aromatic rings. The van der Waals surface area contributed by atoms with Crippen molar-refractivity contribution in [2.75, 3.05) is 6.61 Å². The molecule has 20 heavy (non-hydrogen) atoms. The number of nitrogens with two attached hydrogens (primary N) is 1. The van der Waals surface area contributed by atoms with E-state index in [0.717, 1.165) is 5.56 Å². The summed E-state index contributed by atoms with van der Waals surface area (Å²) in [6.07, 6.45) is 0. The van der Waals surface area contributed by atoms with Gasteiger partial charge >= 0.3 is 0 Å². The maximum absolute atomic E-state index is 6.13. The van der Waals surface area contributed by atoms with E-state index in [0.29, 0.717) is 23.3 Å². The van der Waals surface area contributed by atoms with Crippen LogP contribution in [-0.4, -0.2) is 16.7 Å². The van der Waals surface area contributed by atoms with Gasteiger partial charge in [-0.25, -0.2) is 0 Å². The van der Waals surface area contributed by atoms with Gasteiger partial charge in [0.1, 0.15) is 11.6 Å². The minimum Gasteiger partial charge on any atom is -0.368 e. The Kier molecular flexibility index (Phi) is 4.42. The van der Waals surface area contributed by atoms with Gasteiger partial charge in [-0.05, 0) is 32.4 Å². The van der Waals surface area contributed by atoms with Crippen LogP contribution in [0.3, 0.4) is 0 Å². The summed E-state index contributed by atoms with van der Waals surface area (Å²) in [5.74, 6) is 0.790. The molecule has 2 rings (SSSR count). The largest absolute Gasteiger partial charge is 0.368 e. The first-order valence-corrected chi connectivity index (χ1v) is 6.81. The fourth-order valence-electron chi connectivity index (χ4n) is 1.89. The molecule has 0 saturated heterocycles. The zero-order valence-electron chi connectivity index (χ0n) is 11.8. The highest BCUT2D eigenvalue weighted by Crippen LogP contribution is 2.27. The standard InChI is InChI=1S/C14H18ClN3O2/c1-4-19-14(2,3)13-17-12(20-18-13)11(16)9-7-5-6-8-10(9)15/h5-8,11H,4,16H2,1-3H3/t11-/m1/s1. The van der Waals surface area contributed by atoms with Crippen LogP contribution in [0.1, 0.15) is 44.1 Å². The monoisotopic (exact) mass is 295 g/mol. The Morgan fingerprint density at radius 2 is 2.10 bits per heavy atom. The molecule has 1 aromatic carbocycles. The van der Waals surface area contributed by atoms with Crippen molar-refractivity contribution in [3.8, 4) is 0 Å². The Morgan fingerprint density at radius 3 is 2.75 bits per heavy atom. The lowest BCUT2D eigenvalue weighted by Crippen LogP contribution is -2.23. The molecule has 0 aliphatic carbocycles. The normalized spacial score (nSPS) is 13.4. The second-order valence-electron chi connectivity index (χ2n) is 4.90. The summed E-state index contributed by atoms with van der Waals surface area (Å²) in [6.45, 7) is 6.24. The van der Waals surface area contributed by atoms with Crippen molar-refractivity contribution >= 4 is 11.6 Å². The van der Waals surface area contributed by atoms with Crippen molar-refractivity contribution in [2.45, 2.75) is 32.4 Å². The lowest BCUT2D eigenvalue weighted by Gasteiger charge is -2.19. The first-order chi connectivity index (χ1) is 9.45. The molecule has 0 aliphatic rings. The summed E-state index contributed by atoms with van der Waals surface area (Å²) in [4.78, 5) is 4.33. The number of hydrogen-bond donors (Lipinski definition) is 1. The third kappa shape index (κ3) is 3.00. The van der Waals surface area contributed by atoms with Crippen LogP contribution in [0.5, 0.6) is 0 Å². The second-order valence-corrected chi connectivity index (χ2v) is 5.31. The molecule has 2 N–H and O–H groups in total. The molecule has 0 unspecified atom stereocenters. The van der Waals surface area contributed by atoms with Gasteiger partial charge < -0.3 is 15.0 Å². The SMILES string of the molecule is CCOC(C)(C)c1noc([C@H](N)c2ccccc2Cl)n1. The average Bonchev–Trinajstić information content (AvgIpc) is 2.89. The lowest BCUT2D eigenvalue weighted by atomic mass is 10.1. The minimum absolute atomic E-state index is 0.320. The smallest absolute Gasteiger partial charge is 0.248 e. The van der Waals surface area contributed by atoms with Crippen molar-refractivity contribution in [1.29, 1.82) is 0 Å². The van der Waals surface area contributed by atoms with Crippen LogP contribution in [0.2, 0.25) is 5.02 Å². The lowest BCUT2D eigenvalue weighted by molar-refractivity contribution is -0.0221. The van der Waals surface area contributed by atoms with Crippen molar-refractivity contribution < 1.29 is 9.26 Å². The predicted molar refractivity (Wildman–Crippen MR) is 76.4 cm³/mol. The summed E-state index contributed by atoms with van der Waals surface area (Å²) < 4.78 is 10.8. The van der Waals surface area contributed by atoms with Gasteiger partial charge in [0.25, 0.3) is 0 Å². The van der Waals surface area contributed by atoms with Crippen LogP contribution < -0.4 is 5.73 Å². The maximum Gasteiger partial charge on any atom is 0.248 e. The summed E-state index contributed by atoms with van der Waals surface area (Å²) in [7, 11) is 0. The topological polar surface area (TPSA) is 74.2 Å². The van der Waals surface area contributed by atoms with E-state index in [2.05, 4.69) is 10.1 Å². The van der Waals surface area contributed by atoms with Crippen molar-refractivity contribution in [3.63, 3.8) is 0 Å². The molecule has 0 bridgehead atoms. The highest BCUT2D eigenvalue weighted by atomic mass is 35.5. The molecule has 0 saturated carbocycles. The first kappa shape index (κ1) is 15.0. The zero-order chi connectivity index (χ0) is 14.8. The number of halogens is 1. The van der Waals surface area contributed by atoms with Crippen LogP contribution in [0.15, 0.2) is 28.8 Å². The predicted octanol–water partition coefficient (Wildman–Crippen LogP) is 3.04. The average molecular weight is 296 g/mol. The Bertz CT molecular complexity index is 583. The van der Waals surface area contributed by atoms with E-state index >= 15 is 0 Å². The molecule has 1 atom stereocenters. The summed E-state index contributed by atoms with van der Waals surface area (Å²) in [6, 6.07) is 6.77. The third-order valence-corrected chi connectivity index (χ3v) is 3.34. The van der Waals surface area contributed by atoms with Crippen LogP contribution in [0.4, 0.5) is 0 Å². The molecule has 1 aromatic heterocycles. The fraction of sp³-hybridized carbons (Fsp3) is 0.429. The highest BCUT2D eigenvalue weighted by molar-refractivity contribution is 6.31. The van der Waals surface area contributed by atoms with E-state index in [4.69, 9.17) is 26.6 Å². The first-order valence-electron chi connectivity index (χ1n) is 6.43. The number of aromatic nitrogens is 2. The minimum atomic E-state index is -0.614. The molecule has 0 radical (unpaired) electrons. The van der Waals surface area contributed by atoms with Gasteiger partial charge in [-0.3, -0.25) is 0 Å². The molecule has 1 heterocycles. The van der Waals surface area contributed by atoms with Crippen molar-refractivity contribution in [1.82, 2.24) is 10.1 Å². The number of nitrogens with zero attached hydrogens (tertiary/aromatic N) is 2. The Morgan fingerprint density at radius 1 is 1.40 bits per heavy atom. The van der Waals surface area contributed by atoms with E-state index in [9.17, 15) is 0 Å². The van der Waals surface area contributed by atoms with E-state index in [1.54, 1.807) is 6.07 Å². The van der Waals surface area contributed by atoms with Crippen molar-refractivity contribution in [2.24, 2.45) is 5.73 Å². The fourth-order valence-corrected chi connectivity index (χ4v) is 2.15. The van der Waals surface area contributed by atoms with Crippen molar-refractivity contribution in [3.05, 3.63) is 46.6 Å². The quantitative estimate of drug-likeness (QED) is 0.917. The van der Waals surface area contributed by atoms with E-state index in [1.807, 2.05) is 39.0 Å². The molecule has 0 aliphatic heterocycles. The van der Waals surface area contributed by atoms with E-state index in [-0.39, 0.29) is 0 Å². The molecule has 0 fully saturated rings.